The Kier molecular flexibility index (Phi) is 5.67. The Hall–Kier alpha value is -1.86. The summed E-state index contributed by atoms with van der Waals surface area (Å²) in [6, 6.07) is 5.45. The molecule has 0 atom stereocenters. The molecule has 0 bridgehead atoms. The summed E-state index contributed by atoms with van der Waals surface area (Å²) in [4.78, 5) is 4.09. The van der Waals surface area contributed by atoms with Crippen LogP contribution in [0, 0.1) is 11.3 Å². The number of nitrogens with zero attached hydrogens (tertiary/aromatic N) is 2. The van der Waals surface area contributed by atoms with Crippen molar-refractivity contribution in [2.24, 2.45) is 0 Å². The molecule has 1 aromatic heterocycles. The number of ether oxygens (including phenoxy) is 1. The molecular formula is C12H15N3O. The highest BCUT2D eigenvalue weighted by atomic mass is 16.5. The van der Waals surface area contributed by atoms with Crippen molar-refractivity contribution < 1.29 is 4.74 Å². The van der Waals surface area contributed by atoms with Crippen LogP contribution >= 0.6 is 0 Å². The number of rotatable bonds is 7. The maximum absolute atomic E-state index is 8.69. The molecule has 0 saturated heterocycles. The van der Waals surface area contributed by atoms with E-state index >= 15 is 0 Å². The van der Waals surface area contributed by atoms with E-state index in [4.69, 9.17) is 10.00 Å². The fraction of sp³-hybridized carbons (Fsp3) is 0.333. The number of hydrogen-bond acceptors (Lipinski definition) is 4. The highest BCUT2D eigenvalue weighted by molar-refractivity contribution is 5.42. The first kappa shape index (κ1) is 12.2. The molecular weight excluding hydrogens is 202 g/mol. The maximum atomic E-state index is 8.69. The molecule has 0 aromatic carbocycles. The highest BCUT2D eigenvalue weighted by Gasteiger charge is 1.95. The van der Waals surface area contributed by atoms with Gasteiger partial charge in [0.1, 0.15) is 5.82 Å². The average molecular weight is 217 g/mol. The van der Waals surface area contributed by atoms with Crippen LogP contribution in [0.25, 0.3) is 0 Å². The van der Waals surface area contributed by atoms with E-state index in [0.717, 1.165) is 6.42 Å². The predicted octanol–water partition coefficient (Wildman–Crippen LogP) is 1.96. The number of nitriles is 1. The molecule has 1 N–H and O–H groups in total. The molecule has 1 heterocycles. The third-order valence-electron chi connectivity index (χ3n) is 1.91. The predicted molar refractivity (Wildman–Crippen MR) is 63.1 cm³/mol. The molecule has 0 amide bonds. The summed E-state index contributed by atoms with van der Waals surface area (Å²) in [5.41, 5.74) is 0.602. The molecule has 0 saturated carbocycles. The van der Waals surface area contributed by atoms with Gasteiger partial charge >= 0.3 is 0 Å². The summed E-state index contributed by atoms with van der Waals surface area (Å²) < 4.78 is 5.33. The molecule has 16 heavy (non-hydrogen) atoms. The van der Waals surface area contributed by atoms with Crippen LogP contribution in [0.2, 0.25) is 0 Å². The minimum Gasteiger partial charge on any atom is -0.379 e. The summed E-state index contributed by atoms with van der Waals surface area (Å²) in [5.74, 6) is 0.700. The van der Waals surface area contributed by atoms with Crippen molar-refractivity contribution in [2.45, 2.75) is 6.42 Å². The number of nitrogens with one attached hydrogen (secondary N) is 1. The van der Waals surface area contributed by atoms with Gasteiger partial charge in [-0.15, -0.1) is 6.58 Å². The van der Waals surface area contributed by atoms with Crippen molar-refractivity contribution in [2.75, 3.05) is 25.1 Å². The Morgan fingerprint density at radius 2 is 2.44 bits per heavy atom. The Bertz CT molecular complexity index is 371. The summed E-state index contributed by atoms with van der Waals surface area (Å²) >= 11 is 0. The fourth-order valence-corrected chi connectivity index (χ4v) is 1.12. The standard InChI is InChI=1S/C12H15N3O/c1-2-3-7-16-8-6-15-12-9-11(10-13)4-5-14-12/h2,4-5,9H,1,3,6-8H2,(H,14,15). The minimum absolute atomic E-state index is 0.602. The molecule has 1 aromatic rings. The molecule has 0 aliphatic heterocycles. The molecule has 1 rings (SSSR count). The van der Waals surface area contributed by atoms with Crippen LogP contribution in [0.3, 0.4) is 0 Å². The second-order valence-corrected chi connectivity index (χ2v) is 3.16. The lowest BCUT2D eigenvalue weighted by Gasteiger charge is -2.05. The molecule has 0 aliphatic rings. The SMILES string of the molecule is C=CCCOCCNc1cc(C#N)ccn1. The first-order valence-electron chi connectivity index (χ1n) is 5.15. The second-order valence-electron chi connectivity index (χ2n) is 3.16. The zero-order valence-electron chi connectivity index (χ0n) is 9.15. The molecule has 0 radical (unpaired) electrons. The van der Waals surface area contributed by atoms with Crippen molar-refractivity contribution in [1.29, 1.82) is 5.26 Å². The Labute approximate surface area is 95.6 Å². The van der Waals surface area contributed by atoms with Gasteiger partial charge in [-0.25, -0.2) is 4.98 Å². The number of hydrogen-bond donors (Lipinski definition) is 1. The van der Waals surface area contributed by atoms with Gasteiger partial charge in [-0.2, -0.15) is 5.26 Å². The van der Waals surface area contributed by atoms with E-state index in [2.05, 4.69) is 22.9 Å². The van der Waals surface area contributed by atoms with Crippen LogP contribution in [-0.2, 0) is 4.74 Å². The van der Waals surface area contributed by atoms with E-state index in [1.807, 2.05) is 6.08 Å². The van der Waals surface area contributed by atoms with Crippen LogP contribution in [0.5, 0.6) is 0 Å². The first-order chi connectivity index (χ1) is 7.86. The average Bonchev–Trinajstić information content (AvgIpc) is 2.34. The van der Waals surface area contributed by atoms with E-state index in [9.17, 15) is 0 Å². The van der Waals surface area contributed by atoms with Gasteiger partial charge in [-0.1, -0.05) is 6.08 Å². The fourth-order valence-electron chi connectivity index (χ4n) is 1.12. The highest BCUT2D eigenvalue weighted by Crippen LogP contribution is 2.04. The van der Waals surface area contributed by atoms with Crippen LogP contribution in [0.4, 0.5) is 5.82 Å². The Morgan fingerprint density at radius 1 is 1.56 bits per heavy atom. The van der Waals surface area contributed by atoms with Gasteiger partial charge in [0.2, 0.25) is 0 Å². The lowest BCUT2D eigenvalue weighted by atomic mass is 10.3. The largest absolute Gasteiger partial charge is 0.379 e. The van der Waals surface area contributed by atoms with Crippen molar-refractivity contribution in [1.82, 2.24) is 4.98 Å². The van der Waals surface area contributed by atoms with Crippen molar-refractivity contribution in [3.8, 4) is 6.07 Å². The molecule has 0 unspecified atom stereocenters. The van der Waals surface area contributed by atoms with Gasteiger partial charge in [-0.3, -0.25) is 0 Å². The number of aromatic nitrogens is 1. The van der Waals surface area contributed by atoms with Crippen LogP contribution in [0.1, 0.15) is 12.0 Å². The smallest absolute Gasteiger partial charge is 0.127 e. The monoisotopic (exact) mass is 217 g/mol. The molecule has 84 valence electrons. The van der Waals surface area contributed by atoms with Gasteiger partial charge in [0.25, 0.3) is 0 Å². The summed E-state index contributed by atoms with van der Waals surface area (Å²) in [5, 5.41) is 11.8. The van der Waals surface area contributed by atoms with Crippen LogP contribution in [-0.4, -0.2) is 24.7 Å². The van der Waals surface area contributed by atoms with E-state index < -0.39 is 0 Å². The van der Waals surface area contributed by atoms with Crippen molar-refractivity contribution in [3.63, 3.8) is 0 Å². The molecule has 4 nitrogen and oxygen atoms in total. The Morgan fingerprint density at radius 3 is 3.19 bits per heavy atom. The third kappa shape index (κ3) is 4.58. The van der Waals surface area contributed by atoms with E-state index in [-0.39, 0.29) is 0 Å². The third-order valence-corrected chi connectivity index (χ3v) is 1.91. The lowest BCUT2D eigenvalue weighted by Crippen LogP contribution is -2.10. The topological polar surface area (TPSA) is 57.9 Å². The minimum atomic E-state index is 0.602. The van der Waals surface area contributed by atoms with Gasteiger partial charge < -0.3 is 10.1 Å². The summed E-state index contributed by atoms with van der Waals surface area (Å²) in [6.07, 6.45) is 4.30. The van der Waals surface area contributed by atoms with E-state index in [1.54, 1.807) is 18.3 Å². The zero-order valence-corrected chi connectivity index (χ0v) is 9.15. The van der Waals surface area contributed by atoms with Crippen molar-refractivity contribution in [3.05, 3.63) is 36.5 Å². The molecule has 0 aliphatic carbocycles. The normalized spacial score (nSPS) is 9.44. The molecule has 0 fully saturated rings. The lowest BCUT2D eigenvalue weighted by molar-refractivity contribution is 0.149. The van der Waals surface area contributed by atoms with Gasteiger partial charge in [0.15, 0.2) is 0 Å². The summed E-state index contributed by atoms with van der Waals surface area (Å²) in [7, 11) is 0. The van der Waals surface area contributed by atoms with Crippen LogP contribution in [0.15, 0.2) is 31.0 Å². The zero-order chi connectivity index (χ0) is 11.6. The molecule has 0 spiro atoms. The number of anilines is 1. The second kappa shape index (κ2) is 7.43. The van der Waals surface area contributed by atoms with E-state index in [0.29, 0.717) is 31.1 Å². The maximum Gasteiger partial charge on any atom is 0.127 e. The van der Waals surface area contributed by atoms with Crippen LogP contribution < -0.4 is 5.32 Å². The molecule has 4 heteroatoms. The quantitative estimate of drug-likeness (QED) is 0.560. The van der Waals surface area contributed by atoms with E-state index in [1.165, 1.54) is 0 Å². The Balaban J connectivity index is 2.21. The van der Waals surface area contributed by atoms with Gasteiger partial charge in [0, 0.05) is 12.7 Å². The van der Waals surface area contributed by atoms with Crippen molar-refractivity contribution >= 4 is 5.82 Å². The van der Waals surface area contributed by atoms with Gasteiger partial charge in [-0.05, 0) is 18.6 Å². The summed E-state index contributed by atoms with van der Waals surface area (Å²) in [6.45, 7) is 5.60. The van der Waals surface area contributed by atoms with Gasteiger partial charge in [0.05, 0.1) is 24.8 Å². The first-order valence-corrected chi connectivity index (χ1v) is 5.15. The number of pyridine rings is 1.